The molecule has 0 bridgehead atoms. The maximum absolute atomic E-state index is 11.3. The van der Waals surface area contributed by atoms with Crippen LogP contribution in [0.1, 0.15) is 10.5 Å². The summed E-state index contributed by atoms with van der Waals surface area (Å²) in [5, 5.41) is 12.7. The Morgan fingerprint density at radius 3 is 2.32 bits per heavy atom. The van der Waals surface area contributed by atoms with Crippen molar-refractivity contribution in [3.8, 4) is 5.69 Å². The number of aromatic nitrogens is 2. The largest absolute Gasteiger partial charge is 0.476 e. The lowest BCUT2D eigenvalue weighted by Gasteiger charge is -2.02. The van der Waals surface area contributed by atoms with Crippen molar-refractivity contribution < 1.29 is 18.3 Å². The van der Waals surface area contributed by atoms with Crippen molar-refractivity contribution in [2.24, 2.45) is 0 Å². The first-order valence-corrected chi connectivity index (χ1v) is 7.07. The van der Waals surface area contributed by atoms with Crippen molar-refractivity contribution in [1.29, 1.82) is 0 Å². The quantitative estimate of drug-likeness (QED) is 0.849. The van der Waals surface area contributed by atoms with Gasteiger partial charge in [-0.25, -0.2) is 17.9 Å². The SMILES string of the molecule is CS(=O)(=O)c1ccc(-n2cc(N)c(C(=O)O)n2)cc1. The third kappa shape index (κ3) is 2.58. The highest BCUT2D eigenvalue weighted by atomic mass is 32.2. The smallest absolute Gasteiger partial charge is 0.358 e. The molecule has 7 nitrogen and oxygen atoms in total. The number of nitrogens with zero attached hydrogens (tertiary/aromatic N) is 2. The number of hydrogen-bond donors (Lipinski definition) is 2. The highest BCUT2D eigenvalue weighted by molar-refractivity contribution is 7.90. The summed E-state index contributed by atoms with van der Waals surface area (Å²) in [5.74, 6) is -1.22. The summed E-state index contributed by atoms with van der Waals surface area (Å²) in [7, 11) is -3.27. The molecule has 100 valence electrons. The van der Waals surface area contributed by atoms with Gasteiger partial charge in [0.05, 0.1) is 22.5 Å². The second-order valence-electron chi connectivity index (χ2n) is 3.95. The predicted octanol–water partition coefficient (Wildman–Crippen LogP) is 0.556. The van der Waals surface area contributed by atoms with Crippen LogP contribution in [0.15, 0.2) is 35.4 Å². The second-order valence-corrected chi connectivity index (χ2v) is 5.96. The Hall–Kier alpha value is -2.35. The average Bonchev–Trinajstić information content (AvgIpc) is 2.70. The van der Waals surface area contributed by atoms with Crippen molar-refractivity contribution in [3.05, 3.63) is 36.2 Å². The molecule has 0 spiro atoms. The molecule has 0 aliphatic carbocycles. The van der Waals surface area contributed by atoms with Gasteiger partial charge in [0.2, 0.25) is 0 Å². The standard InChI is InChI=1S/C11H11N3O4S/c1-19(17,18)8-4-2-7(3-5-8)14-6-9(12)10(13-14)11(15)16/h2-6H,12H2,1H3,(H,15,16). The van der Waals surface area contributed by atoms with Crippen molar-refractivity contribution in [3.63, 3.8) is 0 Å². The molecule has 1 aromatic heterocycles. The van der Waals surface area contributed by atoms with E-state index in [1.165, 1.54) is 35.1 Å². The summed E-state index contributed by atoms with van der Waals surface area (Å²) in [5.41, 5.74) is 5.84. The Balaban J connectivity index is 2.43. The van der Waals surface area contributed by atoms with E-state index < -0.39 is 15.8 Å². The van der Waals surface area contributed by atoms with Gasteiger partial charge in [-0.2, -0.15) is 5.10 Å². The molecule has 0 aliphatic rings. The number of carboxylic acids is 1. The van der Waals surface area contributed by atoms with E-state index in [1.807, 2.05) is 0 Å². The zero-order valence-corrected chi connectivity index (χ0v) is 10.8. The van der Waals surface area contributed by atoms with Gasteiger partial charge in [0, 0.05) is 6.26 Å². The number of benzene rings is 1. The molecule has 0 unspecified atom stereocenters. The zero-order chi connectivity index (χ0) is 14.2. The van der Waals surface area contributed by atoms with Gasteiger partial charge >= 0.3 is 5.97 Å². The summed E-state index contributed by atoms with van der Waals surface area (Å²) in [6, 6.07) is 5.88. The monoisotopic (exact) mass is 281 g/mol. The molecule has 3 N–H and O–H groups in total. The fourth-order valence-electron chi connectivity index (χ4n) is 1.53. The van der Waals surface area contributed by atoms with Crippen LogP contribution in [0.25, 0.3) is 5.69 Å². The van der Waals surface area contributed by atoms with Crippen LogP contribution in [0, 0.1) is 0 Å². The van der Waals surface area contributed by atoms with Crippen LogP contribution >= 0.6 is 0 Å². The van der Waals surface area contributed by atoms with Gasteiger partial charge in [0.15, 0.2) is 15.5 Å². The lowest BCUT2D eigenvalue weighted by atomic mass is 10.3. The molecule has 0 fully saturated rings. The first-order chi connectivity index (χ1) is 8.79. The topological polar surface area (TPSA) is 115 Å². The number of carbonyl (C=O) groups is 1. The second kappa shape index (κ2) is 4.39. The van der Waals surface area contributed by atoms with Crippen LogP contribution in [-0.2, 0) is 9.84 Å². The van der Waals surface area contributed by atoms with Crippen molar-refractivity contribution >= 4 is 21.5 Å². The Morgan fingerprint density at radius 1 is 1.32 bits per heavy atom. The fraction of sp³-hybridized carbons (Fsp3) is 0.0909. The van der Waals surface area contributed by atoms with Crippen molar-refractivity contribution in [1.82, 2.24) is 9.78 Å². The number of hydrogen-bond acceptors (Lipinski definition) is 5. The van der Waals surface area contributed by atoms with Crippen LogP contribution in [-0.4, -0.2) is 35.5 Å². The first-order valence-electron chi connectivity index (χ1n) is 5.18. The predicted molar refractivity (Wildman–Crippen MR) is 68.0 cm³/mol. The lowest BCUT2D eigenvalue weighted by Crippen LogP contribution is -2.03. The van der Waals surface area contributed by atoms with Gasteiger partial charge in [-0.1, -0.05) is 0 Å². The van der Waals surface area contributed by atoms with Crippen molar-refractivity contribution in [2.75, 3.05) is 12.0 Å². The zero-order valence-electron chi connectivity index (χ0n) is 9.94. The molecule has 0 aliphatic heterocycles. The van der Waals surface area contributed by atoms with Crippen molar-refractivity contribution in [2.45, 2.75) is 4.90 Å². The summed E-state index contributed by atoms with van der Waals surface area (Å²) < 4.78 is 23.9. The molecule has 1 heterocycles. The van der Waals surface area contributed by atoms with E-state index in [0.717, 1.165) is 6.26 Å². The van der Waals surface area contributed by atoms with Gasteiger partial charge in [-0.3, -0.25) is 0 Å². The molecular weight excluding hydrogens is 270 g/mol. The number of nitrogens with two attached hydrogens (primary N) is 1. The third-order valence-corrected chi connectivity index (χ3v) is 3.60. The molecular formula is C11H11N3O4S. The molecule has 0 amide bonds. The highest BCUT2D eigenvalue weighted by Gasteiger charge is 2.14. The van der Waals surface area contributed by atoms with E-state index in [1.54, 1.807) is 0 Å². The van der Waals surface area contributed by atoms with Gasteiger partial charge < -0.3 is 10.8 Å². The molecule has 8 heteroatoms. The highest BCUT2D eigenvalue weighted by Crippen LogP contribution is 2.16. The Morgan fingerprint density at radius 2 is 1.89 bits per heavy atom. The molecule has 0 radical (unpaired) electrons. The molecule has 1 aromatic carbocycles. The van der Waals surface area contributed by atoms with Gasteiger partial charge in [0.25, 0.3) is 0 Å². The maximum Gasteiger partial charge on any atom is 0.358 e. The Bertz CT molecular complexity index is 732. The molecule has 2 aromatic rings. The number of aromatic carboxylic acids is 1. The van der Waals surface area contributed by atoms with Crippen LogP contribution in [0.3, 0.4) is 0 Å². The van der Waals surface area contributed by atoms with E-state index >= 15 is 0 Å². The van der Waals surface area contributed by atoms with Crippen LogP contribution in [0.2, 0.25) is 0 Å². The van der Waals surface area contributed by atoms with Crippen LogP contribution in [0.4, 0.5) is 5.69 Å². The van der Waals surface area contributed by atoms with E-state index in [2.05, 4.69) is 5.10 Å². The van der Waals surface area contributed by atoms with Gasteiger partial charge in [0.1, 0.15) is 0 Å². The molecule has 0 saturated carbocycles. The van der Waals surface area contributed by atoms with E-state index in [4.69, 9.17) is 10.8 Å². The summed E-state index contributed by atoms with van der Waals surface area (Å²) in [6.07, 6.45) is 2.47. The fourth-order valence-corrected chi connectivity index (χ4v) is 2.16. The van der Waals surface area contributed by atoms with E-state index in [0.29, 0.717) is 5.69 Å². The third-order valence-electron chi connectivity index (χ3n) is 2.47. The van der Waals surface area contributed by atoms with E-state index in [-0.39, 0.29) is 16.3 Å². The minimum absolute atomic E-state index is 0.0414. The number of anilines is 1. The number of sulfone groups is 1. The molecule has 0 saturated heterocycles. The van der Waals surface area contributed by atoms with Gasteiger partial charge in [-0.05, 0) is 24.3 Å². The number of carboxylic acid groups (broad SMARTS) is 1. The number of rotatable bonds is 3. The van der Waals surface area contributed by atoms with E-state index in [9.17, 15) is 13.2 Å². The summed E-state index contributed by atoms with van der Waals surface area (Å²) in [4.78, 5) is 11.0. The molecule has 19 heavy (non-hydrogen) atoms. The number of nitrogen functional groups attached to an aromatic ring is 1. The van der Waals surface area contributed by atoms with Crippen LogP contribution < -0.4 is 5.73 Å². The average molecular weight is 281 g/mol. The Kier molecular flexibility index (Phi) is 3.03. The minimum atomic E-state index is -3.27. The molecule has 2 rings (SSSR count). The first kappa shape index (κ1) is 13.1. The summed E-state index contributed by atoms with van der Waals surface area (Å²) in [6.45, 7) is 0. The van der Waals surface area contributed by atoms with Crippen LogP contribution in [0.5, 0.6) is 0 Å². The normalized spacial score (nSPS) is 11.4. The Labute approximate surface area is 109 Å². The summed E-state index contributed by atoms with van der Waals surface area (Å²) >= 11 is 0. The minimum Gasteiger partial charge on any atom is -0.476 e. The lowest BCUT2D eigenvalue weighted by molar-refractivity contribution is 0.0691. The van der Waals surface area contributed by atoms with Gasteiger partial charge in [-0.15, -0.1) is 0 Å². The molecule has 0 atom stereocenters. The maximum atomic E-state index is 11.3.